The zero-order valence-electron chi connectivity index (χ0n) is 18.6. The van der Waals surface area contributed by atoms with Crippen LogP contribution in [0.5, 0.6) is 0 Å². The predicted octanol–water partition coefficient (Wildman–Crippen LogP) is 11.3. The van der Waals surface area contributed by atoms with Crippen LogP contribution < -0.4 is 0 Å². The molecule has 8 rings (SSSR count). The van der Waals surface area contributed by atoms with Crippen molar-refractivity contribution in [2.45, 2.75) is 13.8 Å². The van der Waals surface area contributed by atoms with Crippen molar-refractivity contribution in [3.05, 3.63) is 77.9 Å². The molecule has 4 aromatic carbocycles. The highest BCUT2D eigenvalue weighted by atomic mass is 32.1. The maximum absolute atomic E-state index is 2.46. The molecular formula is C30H18S4. The first-order valence-corrected chi connectivity index (χ1v) is 14.6. The maximum Gasteiger partial charge on any atom is 0.0542 e. The Bertz CT molecular complexity index is 2140. The lowest BCUT2D eigenvalue weighted by Gasteiger charge is -2.00. The van der Waals surface area contributed by atoms with E-state index in [1.54, 1.807) is 0 Å². The molecule has 4 aromatic heterocycles. The van der Waals surface area contributed by atoms with E-state index in [1.165, 1.54) is 81.0 Å². The zero-order valence-corrected chi connectivity index (χ0v) is 21.8. The van der Waals surface area contributed by atoms with Crippen LogP contribution in [0.1, 0.15) is 18.1 Å². The normalized spacial score (nSPS) is 12.9. The summed E-state index contributed by atoms with van der Waals surface area (Å²) in [7, 11) is 0. The molecule has 0 aliphatic rings. The van der Waals surface area contributed by atoms with E-state index in [-0.39, 0.29) is 0 Å². The van der Waals surface area contributed by atoms with Crippen molar-refractivity contribution >= 4 is 121 Å². The number of fused-ring (bicyclic) bond motifs is 11. The van der Waals surface area contributed by atoms with Gasteiger partial charge in [-0.3, -0.25) is 0 Å². The summed E-state index contributed by atoms with van der Waals surface area (Å²) < 4.78 is 11.4. The van der Waals surface area contributed by atoms with Gasteiger partial charge in [-0.2, -0.15) is 0 Å². The lowest BCUT2D eigenvalue weighted by atomic mass is 10.1. The lowest BCUT2D eigenvalue weighted by Crippen LogP contribution is -1.78. The summed E-state index contributed by atoms with van der Waals surface area (Å²) in [4.78, 5) is 0. The third kappa shape index (κ3) is 2.57. The molecule has 0 unspecified atom stereocenters. The van der Waals surface area contributed by atoms with Crippen LogP contribution in [0, 0.1) is 6.92 Å². The van der Waals surface area contributed by atoms with Crippen LogP contribution in [0.25, 0.3) is 76.0 Å². The molecule has 0 N–H and O–H groups in total. The maximum atomic E-state index is 2.46. The predicted molar refractivity (Wildman–Crippen MR) is 160 cm³/mol. The van der Waals surface area contributed by atoms with Crippen LogP contribution in [0.3, 0.4) is 0 Å². The summed E-state index contributed by atoms with van der Waals surface area (Å²) in [6.45, 7) is 4.32. The van der Waals surface area contributed by atoms with Gasteiger partial charge < -0.3 is 0 Å². The van der Waals surface area contributed by atoms with Crippen molar-refractivity contribution in [1.82, 2.24) is 0 Å². The topological polar surface area (TPSA) is 0 Å². The standard InChI is InChI=1S/C30H18S4/c1-3-6-16-11-23-19(9-15(16)2)27-29(31-23)21-13-26-22(14-25(21)33-27)30-28(34-26)20-10-17-7-4-5-8-18(17)12-24(20)32-30/h3-14H,1-2H3/b6-3-. The van der Waals surface area contributed by atoms with Gasteiger partial charge in [-0.15, -0.1) is 45.3 Å². The number of benzene rings is 4. The molecule has 0 aliphatic heterocycles. The summed E-state index contributed by atoms with van der Waals surface area (Å²) in [6, 6.07) is 23.1. The third-order valence-corrected chi connectivity index (χ3v) is 11.9. The molecule has 0 bridgehead atoms. The molecule has 4 heteroatoms. The van der Waals surface area contributed by atoms with Crippen molar-refractivity contribution in [2.24, 2.45) is 0 Å². The average molecular weight is 507 g/mol. The minimum absolute atomic E-state index is 1.33. The van der Waals surface area contributed by atoms with E-state index in [4.69, 9.17) is 0 Å². The number of allylic oxidation sites excluding steroid dienone is 1. The van der Waals surface area contributed by atoms with Gasteiger partial charge in [0, 0.05) is 40.3 Å². The van der Waals surface area contributed by atoms with Gasteiger partial charge in [0.1, 0.15) is 0 Å². The Kier molecular flexibility index (Phi) is 3.96. The van der Waals surface area contributed by atoms with Gasteiger partial charge in [0.2, 0.25) is 0 Å². The van der Waals surface area contributed by atoms with Crippen LogP contribution in [0.2, 0.25) is 0 Å². The van der Waals surface area contributed by atoms with Gasteiger partial charge in [0.15, 0.2) is 0 Å². The molecule has 162 valence electrons. The summed E-state index contributed by atoms with van der Waals surface area (Å²) in [5.41, 5.74) is 2.68. The van der Waals surface area contributed by atoms with Crippen LogP contribution in [0.15, 0.2) is 66.7 Å². The number of hydrogen-bond donors (Lipinski definition) is 0. The molecule has 0 atom stereocenters. The Morgan fingerprint density at radius 2 is 1.03 bits per heavy atom. The highest BCUT2D eigenvalue weighted by Crippen LogP contribution is 2.50. The van der Waals surface area contributed by atoms with Crippen LogP contribution in [-0.4, -0.2) is 0 Å². The van der Waals surface area contributed by atoms with E-state index in [2.05, 4.69) is 86.7 Å². The van der Waals surface area contributed by atoms with Gasteiger partial charge in [-0.05, 0) is 72.1 Å². The fourth-order valence-electron chi connectivity index (χ4n) is 5.22. The third-order valence-electron chi connectivity index (χ3n) is 6.88. The monoisotopic (exact) mass is 506 g/mol. The van der Waals surface area contributed by atoms with Crippen LogP contribution in [0.4, 0.5) is 0 Å². The summed E-state index contributed by atoms with van der Waals surface area (Å²) in [5.74, 6) is 0. The SMILES string of the molecule is C/C=C\c1cc2sc3c4cc5sc6c7cc8ccccc8cc7sc6c5cc4sc3c2cc1C. The average Bonchev–Trinajstić information content (AvgIpc) is 3.55. The van der Waals surface area contributed by atoms with Crippen LogP contribution >= 0.6 is 45.3 Å². The second-order valence-corrected chi connectivity index (χ2v) is 13.2. The number of hydrogen-bond acceptors (Lipinski definition) is 4. The molecule has 4 heterocycles. The second-order valence-electron chi connectivity index (χ2n) is 8.97. The van der Waals surface area contributed by atoms with E-state index in [0.29, 0.717) is 0 Å². The Labute approximate surface area is 212 Å². The fraction of sp³-hybridized carbons (Fsp3) is 0.0667. The van der Waals surface area contributed by atoms with E-state index in [1.807, 2.05) is 45.3 Å². The Hall–Kier alpha value is -2.76. The van der Waals surface area contributed by atoms with Crippen molar-refractivity contribution < 1.29 is 0 Å². The largest absolute Gasteiger partial charge is 0.134 e. The number of rotatable bonds is 1. The number of thiophene rings is 4. The number of aryl methyl sites for hydroxylation is 1. The Morgan fingerprint density at radius 1 is 0.559 bits per heavy atom. The van der Waals surface area contributed by atoms with Crippen molar-refractivity contribution in [3.63, 3.8) is 0 Å². The van der Waals surface area contributed by atoms with Gasteiger partial charge in [-0.25, -0.2) is 0 Å². The quantitative estimate of drug-likeness (QED) is 0.208. The molecule has 0 saturated carbocycles. The van der Waals surface area contributed by atoms with Crippen molar-refractivity contribution in [1.29, 1.82) is 0 Å². The molecule has 0 aliphatic carbocycles. The molecule has 0 saturated heterocycles. The van der Waals surface area contributed by atoms with Gasteiger partial charge in [0.05, 0.1) is 18.8 Å². The molecule has 34 heavy (non-hydrogen) atoms. The zero-order chi connectivity index (χ0) is 22.6. The highest BCUT2D eigenvalue weighted by Gasteiger charge is 2.18. The first-order chi connectivity index (χ1) is 16.7. The molecule has 0 nitrogen and oxygen atoms in total. The summed E-state index contributed by atoms with van der Waals surface area (Å²) in [6.07, 6.45) is 4.35. The molecule has 0 radical (unpaired) electrons. The van der Waals surface area contributed by atoms with Crippen molar-refractivity contribution in [2.75, 3.05) is 0 Å². The van der Waals surface area contributed by atoms with Gasteiger partial charge in [-0.1, -0.05) is 36.4 Å². The molecular weight excluding hydrogens is 489 g/mol. The smallest absolute Gasteiger partial charge is 0.0542 e. The Balaban J connectivity index is 1.43. The molecule has 0 amide bonds. The molecule has 8 aromatic rings. The second kappa shape index (κ2) is 6.89. The molecule has 0 fully saturated rings. The van der Waals surface area contributed by atoms with E-state index >= 15 is 0 Å². The summed E-state index contributed by atoms with van der Waals surface area (Å²) in [5, 5.41) is 8.31. The first kappa shape index (κ1) is 19.5. The van der Waals surface area contributed by atoms with Gasteiger partial charge in [0.25, 0.3) is 0 Å². The van der Waals surface area contributed by atoms with Crippen LogP contribution in [-0.2, 0) is 0 Å². The lowest BCUT2D eigenvalue weighted by molar-refractivity contribution is 1.48. The molecule has 0 spiro atoms. The van der Waals surface area contributed by atoms with Gasteiger partial charge >= 0.3 is 0 Å². The summed E-state index contributed by atoms with van der Waals surface area (Å²) >= 11 is 7.83. The fourth-order valence-corrected chi connectivity index (χ4v) is 10.6. The Morgan fingerprint density at radius 3 is 1.62 bits per heavy atom. The minimum atomic E-state index is 1.33. The van der Waals surface area contributed by atoms with E-state index < -0.39 is 0 Å². The van der Waals surface area contributed by atoms with Crippen molar-refractivity contribution in [3.8, 4) is 0 Å². The highest BCUT2D eigenvalue weighted by molar-refractivity contribution is 7.38. The minimum Gasteiger partial charge on any atom is -0.134 e. The van der Waals surface area contributed by atoms with E-state index in [9.17, 15) is 0 Å². The van der Waals surface area contributed by atoms with E-state index in [0.717, 1.165) is 0 Å². The first-order valence-electron chi connectivity index (χ1n) is 11.4.